The molecule has 4 rings (SSSR count). The fourth-order valence-electron chi connectivity index (χ4n) is 4.76. The van der Waals surface area contributed by atoms with Gasteiger partial charge in [0.15, 0.2) is 0 Å². The van der Waals surface area contributed by atoms with E-state index in [-0.39, 0.29) is 18.3 Å². The maximum absolute atomic E-state index is 12.2. The first-order chi connectivity index (χ1) is 16.0. The molecule has 0 saturated carbocycles. The number of piperidine rings is 1. The van der Waals surface area contributed by atoms with Crippen LogP contribution in [-0.2, 0) is 17.7 Å². The van der Waals surface area contributed by atoms with Crippen molar-refractivity contribution >= 4 is 22.0 Å². The Morgan fingerprint density at radius 1 is 1.12 bits per heavy atom. The molecule has 2 aliphatic rings. The third-order valence-electron chi connectivity index (χ3n) is 6.54. The van der Waals surface area contributed by atoms with E-state index >= 15 is 0 Å². The highest BCUT2D eigenvalue weighted by molar-refractivity contribution is 9.10. The Kier molecular flexibility index (Phi) is 8.31. The van der Waals surface area contributed by atoms with Crippen LogP contribution in [0, 0.1) is 5.92 Å². The second-order valence-corrected chi connectivity index (χ2v) is 10.4. The SMILES string of the molecule is CC(C)Oc1ccc(Br)c(CC2CCN(CCC3CN(Cc4ccccc4)C(=O)O3)CC2)c1. The average Bonchev–Trinajstić information content (AvgIpc) is 3.15. The molecule has 178 valence electrons. The number of hydrogen-bond donors (Lipinski definition) is 0. The molecule has 33 heavy (non-hydrogen) atoms. The van der Waals surface area contributed by atoms with Gasteiger partial charge in [-0.25, -0.2) is 4.79 Å². The molecule has 2 aliphatic heterocycles. The Morgan fingerprint density at radius 3 is 2.61 bits per heavy atom. The number of halogens is 1. The lowest BCUT2D eigenvalue weighted by atomic mass is 9.90. The summed E-state index contributed by atoms with van der Waals surface area (Å²) in [7, 11) is 0. The van der Waals surface area contributed by atoms with E-state index in [1.165, 1.54) is 22.9 Å². The second kappa shape index (κ2) is 11.4. The zero-order valence-corrected chi connectivity index (χ0v) is 21.3. The van der Waals surface area contributed by atoms with Gasteiger partial charge in [0.1, 0.15) is 11.9 Å². The van der Waals surface area contributed by atoms with Crippen LogP contribution in [0.3, 0.4) is 0 Å². The second-order valence-electron chi connectivity index (χ2n) is 9.57. The van der Waals surface area contributed by atoms with Crippen LogP contribution in [0.2, 0.25) is 0 Å². The number of carbonyl (C=O) groups excluding carboxylic acids is 1. The Morgan fingerprint density at radius 2 is 1.88 bits per heavy atom. The van der Waals surface area contributed by atoms with Gasteiger partial charge in [-0.15, -0.1) is 0 Å². The predicted molar refractivity (Wildman–Crippen MR) is 135 cm³/mol. The number of benzene rings is 2. The van der Waals surface area contributed by atoms with Crippen LogP contribution >= 0.6 is 15.9 Å². The summed E-state index contributed by atoms with van der Waals surface area (Å²) in [6, 6.07) is 16.4. The molecule has 0 spiro atoms. The van der Waals surface area contributed by atoms with E-state index in [1.54, 1.807) is 0 Å². The van der Waals surface area contributed by atoms with Gasteiger partial charge < -0.3 is 19.3 Å². The molecule has 0 aromatic heterocycles. The van der Waals surface area contributed by atoms with E-state index < -0.39 is 0 Å². The summed E-state index contributed by atoms with van der Waals surface area (Å²) in [5.74, 6) is 1.64. The molecule has 1 atom stereocenters. The van der Waals surface area contributed by atoms with Crippen molar-refractivity contribution in [1.29, 1.82) is 0 Å². The van der Waals surface area contributed by atoms with Crippen molar-refractivity contribution < 1.29 is 14.3 Å². The van der Waals surface area contributed by atoms with Crippen molar-refractivity contribution in [1.82, 2.24) is 9.80 Å². The summed E-state index contributed by atoms with van der Waals surface area (Å²) < 4.78 is 12.7. The van der Waals surface area contributed by atoms with Crippen LogP contribution in [0.4, 0.5) is 4.79 Å². The van der Waals surface area contributed by atoms with Gasteiger partial charge in [-0.1, -0.05) is 46.3 Å². The molecule has 0 radical (unpaired) electrons. The van der Waals surface area contributed by atoms with Crippen molar-refractivity contribution in [3.05, 3.63) is 64.1 Å². The van der Waals surface area contributed by atoms with Crippen LogP contribution in [0.1, 0.15) is 44.2 Å². The van der Waals surface area contributed by atoms with Gasteiger partial charge in [-0.2, -0.15) is 0 Å². The zero-order valence-electron chi connectivity index (χ0n) is 19.7. The van der Waals surface area contributed by atoms with Crippen LogP contribution in [0.5, 0.6) is 5.75 Å². The normalized spacial score (nSPS) is 19.8. The van der Waals surface area contributed by atoms with Gasteiger partial charge in [0, 0.05) is 17.6 Å². The first kappa shape index (κ1) is 24.1. The fraction of sp³-hybridized carbons (Fsp3) is 0.519. The minimum absolute atomic E-state index is 0.00131. The minimum Gasteiger partial charge on any atom is -0.491 e. The highest BCUT2D eigenvalue weighted by Gasteiger charge is 2.31. The zero-order chi connectivity index (χ0) is 23.2. The molecule has 2 saturated heterocycles. The monoisotopic (exact) mass is 514 g/mol. The third-order valence-corrected chi connectivity index (χ3v) is 7.31. The number of nitrogens with zero attached hydrogens (tertiary/aromatic N) is 2. The van der Waals surface area contributed by atoms with Crippen molar-refractivity contribution in [2.45, 2.75) is 58.3 Å². The highest BCUT2D eigenvalue weighted by Crippen LogP contribution is 2.29. The molecule has 6 heteroatoms. The van der Waals surface area contributed by atoms with E-state index in [0.29, 0.717) is 19.0 Å². The van der Waals surface area contributed by atoms with Crippen molar-refractivity contribution in [3.8, 4) is 5.75 Å². The minimum atomic E-state index is -0.184. The third kappa shape index (κ3) is 6.97. The average molecular weight is 515 g/mol. The van der Waals surface area contributed by atoms with Gasteiger partial charge in [0.25, 0.3) is 0 Å². The fourth-order valence-corrected chi connectivity index (χ4v) is 5.17. The van der Waals surface area contributed by atoms with E-state index in [9.17, 15) is 4.79 Å². The van der Waals surface area contributed by atoms with E-state index in [1.807, 2.05) is 29.2 Å². The largest absolute Gasteiger partial charge is 0.491 e. The van der Waals surface area contributed by atoms with Crippen LogP contribution < -0.4 is 4.74 Å². The number of amides is 1. The maximum atomic E-state index is 12.2. The van der Waals surface area contributed by atoms with Crippen LogP contribution in [0.15, 0.2) is 53.0 Å². The smallest absolute Gasteiger partial charge is 0.410 e. The summed E-state index contributed by atoms with van der Waals surface area (Å²) in [5.41, 5.74) is 2.48. The standard InChI is InChI=1S/C27H35BrN2O3/c1-20(2)32-24-8-9-26(28)23(17-24)16-21-10-13-29(14-11-21)15-12-25-19-30(27(31)33-25)18-22-6-4-3-5-7-22/h3-9,17,20-21,25H,10-16,18-19H2,1-2H3. The lowest BCUT2D eigenvalue weighted by Gasteiger charge is -2.32. The summed E-state index contributed by atoms with van der Waals surface area (Å²) >= 11 is 3.72. The predicted octanol–water partition coefficient (Wildman–Crippen LogP) is 5.90. The Hall–Kier alpha value is -2.05. The molecule has 2 heterocycles. The van der Waals surface area contributed by atoms with Crippen molar-refractivity contribution in [2.75, 3.05) is 26.2 Å². The van der Waals surface area contributed by atoms with E-state index in [2.05, 4.69) is 58.9 Å². The lowest BCUT2D eigenvalue weighted by Crippen LogP contribution is -2.36. The van der Waals surface area contributed by atoms with E-state index in [0.717, 1.165) is 43.8 Å². The quantitative estimate of drug-likeness (QED) is 0.417. The maximum Gasteiger partial charge on any atom is 0.410 e. The number of ether oxygens (including phenoxy) is 2. The first-order valence-corrected chi connectivity index (χ1v) is 12.9. The van der Waals surface area contributed by atoms with Crippen LogP contribution in [-0.4, -0.2) is 54.3 Å². The van der Waals surface area contributed by atoms with Gasteiger partial charge in [-0.05, 0) is 87.9 Å². The van der Waals surface area contributed by atoms with Gasteiger partial charge in [0.05, 0.1) is 12.6 Å². The molecule has 0 N–H and O–H groups in total. The topological polar surface area (TPSA) is 42.0 Å². The van der Waals surface area contributed by atoms with Crippen LogP contribution in [0.25, 0.3) is 0 Å². The molecule has 1 amide bonds. The number of carbonyl (C=O) groups is 1. The molecule has 2 aromatic carbocycles. The number of rotatable bonds is 9. The van der Waals surface area contributed by atoms with Crippen molar-refractivity contribution in [3.63, 3.8) is 0 Å². The Labute approximate surface area is 206 Å². The number of hydrogen-bond acceptors (Lipinski definition) is 4. The summed E-state index contributed by atoms with van der Waals surface area (Å²) in [4.78, 5) is 16.6. The van der Waals surface area contributed by atoms with Gasteiger partial charge in [0.2, 0.25) is 0 Å². The number of likely N-dealkylation sites (tertiary alicyclic amines) is 1. The number of cyclic esters (lactones) is 1. The van der Waals surface area contributed by atoms with Crippen molar-refractivity contribution in [2.24, 2.45) is 5.92 Å². The van der Waals surface area contributed by atoms with Gasteiger partial charge >= 0.3 is 6.09 Å². The molecular weight excluding hydrogens is 480 g/mol. The molecule has 1 unspecified atom stereocenters. The molecule has 2 fully saturated rings. The molecule has 5 nitrogen and oxygen atoms in total. The van der Waals surface area contributed by atoms with Gasteiger partial charge in [-0.3, -0.25) is 0 Å². The summed E-state index contributed by atoms with van der Waals surface area (Å²) in [6.45, 7) is 8.64. The highest BCUT2D eigenvalue weighted by atomic mass is 79.9. The Bertz CT molecular complexity index is 913. The Balaban J connectivity index is 1.19. The lowest BCUT2D eigenvalue weighted by molar-refractivity contribution is 0.113. The molecular formula is C27H35BrN2O3. The summed E-state index contributed by atoms with van der Waals surface area (Å²) in [6.07, 6.45) is 4.39. The molecule has 2 aromatic rings. The molecule has 0 aliphatic carbocycles. The summed E-state index contributed by atoms with van der Waals surface area (Å²) in [5, 5.41) is 0. The van der Waals surface area contributed by atoms with E-state index in [4.69, 9.17) is 9.47 Å². The molecule has 0 bridgehead atoms. The first-order valence-electron chi connectivity index (χ1n) is 12.1.